The van der Waals surface area contributed by atoms with Gasteiger partial charge in [0.1, 0.15) is 24.7 Å². The number of halogens is 4. The highest BCUT2D eigenvalue weighted by Gasteiger charge is 2.46. The number of carbonyl (C=O) groups excluding carboxylic acids is 1. The molecule has 1 saturated heterocycles. The number of quaternary nitrogens is 1. The van der Waals surface area contributed by atoms with Gasteiger partial charge in [0.2, 0.25) is 0 Å². The van der Waals surface area contributed by atoms with E-state index in [2.05, 4.69) is 15.7 Å². The van der Waals surface area contributed by atoms with Crippen molar-refractivity contribution in [3.63, 3.8) is 0 Å². The molecule has 7 nitrogen and oxygen atoms in total. The van der Waals surface area contributed by atoms with E-state index in [4.69, 9.17) is 4.74 Å². The maximum absolute atomic E-state index is 13.7. The molecule has 2 aliphatic rings. The molecule has 2 atom stereocenters. The fourth-order valence-electron chi connectivity index (χ4n) is 3.95. The number of hydrogen-bond acceptors (Lipinski definition) is 4. The average Bonchev–Trinajstić information content (AvgIpc) is 3.18. The summed E-state index contributed by atoms with van der Waals surface area (Å²) < 4.78 is 60.5. The first-order valence-electron chi connectivity index (χ1n) is 10.2. The number of aromatic nitrogens is 2. The summed E-state index contributed by atoms with van der Waals surface area (Å²) in [4.78, 5) is 13.8. The van der Waals surface area contributed by atoms with Crippen LogP contribution in [0.5, 0.6) is 0 Å². The molecule has 3 N–H and O–H groups in total. The van der Waals surface area contributed by atoms with Crippen LogP contribution in [0.25, 0.3) is 0 Å². The van der Waals surface area contributed by atoms with E-state index < -0.39 is 30.0 Å². The summed E-state index contributed by atoms with van der Waals surface area (Å²) in [5.41, 5.74) is 0.455. The number of anilines is 1. The normalized spacial score (nSPS) is 21.9. The molecule has 2 aromatic rings. The monoisotopic (exact) mass is 442 g/mol. The molecule has 1 aromatic heterocycles. The van der Waals surface area contributed by atoms with Crippen LogP contribution in [0.1, 0.15) is 34.6 Å². The number of fused-ring (bicyclic) bond motifs is 1. The minimum atomic E-state index is -4.55. The number of nitrogens with zero attached hydrogens (tertiary/aromatic N) is 2. The molecule has 168 valence electrons. The van der Waals surface area contributed by atoms with Gasteiger partial charge in [-0.1, -0.05) is 12.1 Å². The van der Waals surface area contributed by atoms with Crippen molar-refractivity contribution in [1.82, 2.24) is 15.1 Å². The van der Waals surface area contributed by atoms with Gasteiger partial charge in [-0.05, 0) is 17.7 Å². The number of carbonyl (C=O) groups is 1. The van der Waals surface area contributed by atoms with Gasteiger partial charge in [-0.3, -0.25) is 4.79 Å². The molecule has 4 rings (SSSR count). The maximum Gasteiger partial charge on any atom is 0.410 e. The second-order valence-corrected chi connectivity index (χ2v) is 7.77. The Morgan fingerprint density at radius 3 is 2.65 bits per heavy atom. The Bertz CT molecular complexity index is 909. The Morgan fingerprint density at radius 2 is 1.97 bits per heavy atom. The Balaban J connectivity index is 1.48. The van der Waals surface area contributed by atoms with Crippen molar-refractivity contribution in [3.05, 3.63) is 47.4 Å². The first-order valence-corrected chi connectivity index (χ1v) is 10.2. The first-order chi connectivity index (χ1) is 14.8. The van der Waals surface area contributed by atoms with Crippen molar-refractivity contribution in [2.75, 3.05) is 44.7 Å². The summed E-state index contributed by atoms with van der Waals surface area (Å²) in [5.74, 6) is -0.877. The van der Waals surface area contributed by atoms with E-state index in [9.17, 15) is 22.4 Å². The summed E-state index contributed by atoms with van der Waals surface area (Å²) in [6.07, 6.45) is -4.86. The minimum Gasteiger partial charge on any atom is -0.370 e. The summed E-state index contributed by atoms with van der Waals surface area (Å²) in [6.45, 7) is 4.17. The molecule has 2 aliphatic heterocycles. The lowest BCUT2D eigenvalue weighted by atomic mass is 9.97. The largest absolute Gasteiger partial charge is 0.410 e. The third kappa shape index (κ3) is 4.99. The van der Waals surface area contributed by atoms with Gasteiger partial charge in [-0.2, -0.15) is 18.3 Å². The lowest BCUT2D eigenvalue weighted by Gasteiger charge is -2.33. The second-order valence-electron chi connectivity index (χ2n) is 7.77. The predicted octanol–water partition coefficient (Wildman–Crippen LogP) is 1.33. The standard InChI is InChI=1S/C20H23F4N5O2/c21-14-3-1-13(2-4-14)15-11-17(20(22,23)24)29-18(26-15)12-16(27-29)19(30)25-5-6-28-7-9-31-10-8-28/h1-4,12,15,17,26H,5-11H2,(H,25,30)/p+1/t15-,17-/m0/s1. The van der Waals surface area contributed by atoms with Gasteiger partial charge in [-0.15, -0.1) is 0 Å². The van der Waals surface area contributed by atoms with Crippen molar-refractivity contribution >= 4 is 11.7 Å². The first kappa shape index (κ1) is 21.6. The molecular formula is C20H24F4N5O2+. The fourth-order valence-corrected chi connectivity index (χ4v) is 3.95. The lowest BCUT2D eigenvalue weighted by Crippen LogP contribution is -3.14. The molecule has 1 amide bonds. The van der Waals surface area contributed by atoms with Gasteiger partial charge in [-0.25, -0.2) is 9.07 Å². The summed E-state index contributed by atoms with van der Waals surface area (Å²) >= 11 is 0. The third-order valence-electron chi connectivity index (χ3n) is 5.66. The van der Waals surface area contributed by atoms with Gasteiger partial charge in [0.25, 0.3) is 5.91 Å². The molecule has 31 heavy (non-hydrogen) atoms. The highest BCUT2D eigenvalue weighted by atomic mass is 19.4. The molecule has 1 aromatic carbocycles. The van der Waals surface area contributed by atoms with Crippen LogP contribution in [-0.2, 0) is 4.74 Å². The quantitative estimate of drug-likeness (QED) is 0.611. The second kappa shape index (κ2) is 8.83. The fraction of sp³-hybridized carbons (Fsp3) is 0.500. The molecule has 1 fully saturated rings. The number of alkyl halides is 3. The summed E-state index contributed by atoms with van der Waals surface area (Å²) in [6, 6.07) is 4.07. The van der Waals surface area contributed by atoms with Crippen molar-refractivity contribution in [1.29, 1.82) is 0 Å². The van der Waals surface area contributed by atoms with E-state index in [1.165, 1.54) is 35.2 Å². The van der Waals surface area contributed by atoms with E-state index in [0.29, 0.717) is 31.9 Å². The minimum absolute atomic E-state index is 0.0755. The Labute approximate surface area is 176 Å². The summed E-state index contributed by atoms with van der Waals surface area (Å²) in [7, 11) is 0. The maximum atomic E-state index is 13.7. The highest BCUT2D eigenvalue weighted by molar-refractivity contribution is 5.93. The lowest BCUT2D eigenvalue weighted by molar-refractivity contribution is -0.906. The van der Waals surface area contributed by atoms with E-state index in [1.54, 1.807) is 0 Å². The van der Waals surface area contributed by atoms with Gasteiger partial charge < -0.3 is 20.3 Å². The number of morpholine rings is 1. The van der Waals surface area contributed by atoms with E-state index >= 15 is 0 Å². The molecule has 3 heterocycles. The average molecular weight is 442 g/mol. The Kier molecular flexibility index (Phi) is 6.15. The number of amides is 1. The molecule has 0 unspecified atom stereocenters. The van der Waals surface area contributed by atoms with Crippen LogP contribution in [-0.4, -0.2) is 61.3 Å². The van der Waals surface area contributed by atoms with Crippen LogP contribution in [0.4, 0.5) is 23.4 Å². The van der Waals surface area contributed by atoms with E-state index in [1.807, 2.05) is 0 Å². The van der Waals surface area contributed by atoms with Crippen LogP contribution in [0, 0.1) is 5.82 Å². The molecule has 0 radical (unpaired) electrons. The number of hydrogen-bond donors (Lipinski definition) is 3. The zero-order valence-electron chi connectivity index (χ0n) is 16.7. The van der Waals surface area contributed by atoms with Crippen LogP contribution in [0.15, 0.2) is 30.3 Å². The predicted molar refractivity (Wildman–Crippen MR) is 103 cm³/mol. The van der Waals surface area contributed by atoms with E-state index in [0.717, 1.165) is 17.8 Å². The zero-order chi connectivity index (χ0) is 22.0. The smallest absolute Gasteiger partial charge is 0.370 e. The highest BCUT2D eigenvalue weighted by Crippen LogP contribution is 2.43. The van der Waals surface area contributed by atoms with Crippen molar-refractivity contribution in [2.45, 2.75) is 24.7 Å². The third-order valence-corrected chi connectivity index (χ3v) is 5.66. The number of benzene rings is 1. The van der Waals surface area contributed by atoms with Crippen LogP contribution >= 0.6 is 0 Å². The van der Waals surface area contributed by atoms with Gasteiger partial charge in [0.05, 0.1) is 32.3 Å². The number of rotatable bonds is 5. The summed E-state index contributed by atoms with van der Waals surface area (Å²) in [5, 5.41) is 9.67. The van der Waals surface area contributed by atoms with Crippen molar-refractivity contribution in [2.24, 2.45) is 0 Å². The van der Waals surface area contributed by atoms with Crippen molar-refractivity contribution in [3.8, 4) is 0 Å². The number of nitrogens with one attached hydrogen (secondary N) is 3. The Morgan fingerprint density at radius 1 is 1.26 bits per heavy atom. The van der Waals surface area contributed by atoms with Gasteiger partial charge >= 0.3 is 6.18 Å². The number of ether oxygens (including phenoxy) is 1. The van der Waals surface area contributed by atoms with Crippen molar-refractivity contribution < 1.29 is 32.0 Å². The zero-order valence-corrected chi connectivity index (χ0v) is 16.7. The van der Waals surface area contributed by atoms with Gasteiger partial charge in [0, 0.05) is 12.5 Å². The molecule has 0 bridgehead atoms. The van der Waals surface area contributed by atoms with Crippen LogP contribution in [0.2, 0.25) is 0 Å². The topological polar surface area (TPSA) is 72.6 Å². The van der Waals surface area contributed by atoms with Crippen LogP contribution < -0.4 is 15.5 Å². The molecule has 0 saturated carbocycles. The Hall–Kier alpha value is -2.66. The molecular weight excluding hydrogens is 418 g/mol. The van der Waals surface area contributed by atoms with Gasteiger partial charge in [0.15, 0.2) is 11.7 Å². The molecule has 0 aliphatic carbocycles. The SMILES string of the molecule is O=C(NCC[NH+]1CCOCC1)c1cc2n(n1)[C@H](C(F)(F)F)C[C@@H](c1ccc(F)cc1)N2. The molecule has 11 heteroatoms. The molecule has 0 spiro atoms. The van der Waals surface area contributed by atoms with E-state index in [-0.39, 0.29) is 17.9 Å². The van der Waals surface area contributed by atoms with Crippen LogP contribution in [0.3, 0.4) is 0 Å².